The number of rotatable bonds is 6. The number of benzene rings is 1. The first kappa shape index (κ1) is 15.6. The predicted molar refractivity (Wildman–Crippen MR) is 79.9 cm³/mol. The molecule has 0 saturated carbocycles. The summed E-state index contributed by atoms with van der Waals surface area (Å²) < 4.78 is 6.65. The van der Waals surface area contributed by atoms with Gasteiger partial charge in [0.25, 0.3) is 0 Å². The lowest BCUT2D eigenvalue weighted by molar-refractivity contribution is -0.139. The first-order valence-corrected chi connectivity index (χ1v) is 6.69. The molecule has 1 aromatic heterocycles. The lowest BCUT2D eigenvalue weighted by Crippen LogP contribution is -2.20. The molecule has 2 N–H and O–H groups in total. The maximum absolute atomic E-state index is 12.0. The van der Waals surface area contributed by atoms with Crippen LogP contribution >= 0.6 is 0 Å². The Morgan fingerprint density at radius 3 is 2.50 bits per heavy atom. The van der Waals surface area contributed by atoms with Crippen molar-refractivity contribution in [3.63, 3.8) is 0 Å². The Hall–Kier alpha value is -2.83. The molecule has 0 aliphatic rings. The smallest absolute Gasteiger partial charge is 0.341 e. The van der Waals surface area contributed by atoms with E-state index in [0.717, 1.165) is 11.4 Å². The van der Waals surface area contributed by atoms with Crippen molar-refractivity contribution in [1.29, 1.82) is 0 Å². The summed E-state index contributed by atoms with van der Waals surface area (Å²) >= 11 is 0. The molecular formula is C15H17N3O4. The van der Waals surface area contributed by atoms with Gasteiger partial charge in [0.1, 0.15) is 12.3 Å². The molecule has 1 amide bonds. The molecule has 0 spiro atoms. The zero-order valence-electron chi connectivity index (χ0n) is 12.4. The maximum Gasteiger partial charge on any atom is 0.341 e. The number of aliphatic carboxylic acids is 1. The fourth-order valence-electron chi connectivity index (χ4n) is 1.95. The van der Waals surface area contributed by atoms with Crippen LogP contribution < -0.4 is 10.1 Å². The van der Waals surface area contributed by atoms with Gasteiger partial charge in [0.15, 0.2) is 6.61 Å². The third kappa shape index (κ3) is 4.34. The molecule has 7 nitrogen and oxygen atoms in total. The van der Waals surface area contributed by atoms with Crippen LogP contribution in [0.5, 0.6) is 5.75 Å². The highest BCUT2D eigenvalue weighted by atomic mass is 16.5. The Kier molecular flexibility index (Phi) is 4.77. The largest absolute Gasteiger partial charge is 0.482 e. The molecule has 7 heteroatoms. The van der Waals surface area contributed by atoms with Gasteiger partial charge < -0.3 is 15.2 Å². The lowest BCUT2D eigenvalue weighted by Gasteiger charge is -2.08. The number of carboxylic acid groups (broad SMARTS) is 1. The molecule has 2 aromatic rings. The van der Waals surface area contributed by atoms with E-state index in [9.17, 15) is 9.59 Å². The number of carbonyl (C=O) groups is 2. The van der Waals surface area contributed by atoms with Gasteiger partial charge in [-0.15, -0.1) is 0 Å². The Morgan fingerprint density at radius 1 is 1.27 bits per heavy atom. The van der Waals surface area contributed by atoms with Gasteiger partial charge in [-0.3, -0.25) is 9.48 Å². The Balaban J connectivity index is 1.91. The number of aromatic nitrogens is 2. The fourth-order valence-corrected chi connectivity index (χ4v) is 1.95. The second-order valence-corrected chi connectivity index (χ2v) is 4.84. The van der Waals surface area contributed by atoms with Crippen molar-refractivity contribution in [2.45, 2.75) is 20.4 Å². The monoisotopic (exact) mass is 303 g/mol. The van der Waals surface area contributed by atoms with Gasteiger partial charge in [-0.1, -0.05) is 0 Å². The maximum atomic E-state index is 12.0. The highest BCUT2D eigenvalue weighted by Gasteiger charge is 2.07. The highest BCUT2D eigenvalue weighted by Crippen LogP contribution is 2.15. The van der Waals surface area contributed by atoms with Gasteiger partial charge in [0.2, 0.25) is 5.91 Å². The molecule has 22 heavy (non-hydrogen) atoms. The van der Waals surface area contributed by atoms with Crippen LogP contribution in [0.2, 0.25) is 0 Å². The number of anilines is 1. The van der Waals surface area contributed by atoms with Crippen LogP contribution in [0.15, 0.2) is 30.3 Å². The molecule has 0 saturated heterocycles. The van der Waals surface area contributed by atoms with Crippen molar-refractivity contribution in [3.8, 4) is 5.75 Å². The molecule has 0 aliphatic carbocycles. The molecule has 1 heterocycles. The number of hydrogen-bond acceptors (Lipinski definition) is 4. The Labute approximate surface area is 127 Å². The van der Waals surface area contributed by atoms with Gasteiger partial charge in [-0.2, -0.15) is 5.10 Å². The van der Waals surface area contributed by atoms with E-state index in [4.69, 9.17) is 9.84 Å². The van der Waals surface area contributed by atoms with Crippen LogP contribution in [0.1, 0.15) is 11.4 Å². The van der Waals surface area contributed by atoms with E-state index in [-0.39, 0.29) is 12.5 Å². The van der Waals surface area contributed by atoms with Gasteiger partial charge in [-0.05, 0) is 44.2 Å². The first-order valence-electron chi connectivity index (χ1n) is 6.69. The van der Waals surface area contributed by atoms with Crippen LogP contribution in [0.4, 0.5) is 5.69 Å². The van der Waals surface area contributed by atoms with Crippen molar-refractivity contribution in [2.24, 2.45) is 0 Å². The first-order chi connectivity index (χ1) is 10.4. The molecule has 0 aliphatic heterocycles. The third-order valence-electron chi connectivity index (χ3n) is 2.90. The summed E-state index contributed by atoms with van der Waals surface area (Å²) in [5.41, 5.74) is 2.39. The average Bonchev–Trinajstić information content (AvgIpc) is 2.76. The second-order valence-electron chi connectivity index (χ2n) is 4.84. The van der Waals surface area contributed by atoms with Gasteiger partial charge in [-0.25, -0.2) is 4.79 Å². The molecule has 0 fully saturated rings. The number of nitrogens with zero attached hydrogens (tertiary/aromatic N) is 2. The Morgan fingerprint density at radius 2 is 1.95 bits per heavy atom. The topological polar surface area (TPSA) is 93.5 Å². The van der Waals surface area contributed by atoms with Crippen molar-refractivity contribution in [3.05, 3.63) is 41.7 Å². The number of carboxylic acids is 1. The number of aryl methyl sites for hydroxylation is 2. The minimum atomic E-state index is -1.04. The minimum Gasteiger partial charge on any atom is -0.482 e. The molecule has 2 rings (SSSR count). The summed E-state index contributed by atoms with van der Waals surface area (Å²) in [6.07, 6.45) is 0. The molecular weight excluding hydrogens is 286 g/mol. The number of amides is 1. The van der Waals surface area contributed by atoms with Crippen molar-refractivity contribution in [2.75, 3.05) is 11.9 Å². The number of ether oxygens (including phenoxy) is 1. The summed E-state index contributed by atoms with van der Waals surface area (Å²) in [7, 11) is 0. The third-order valence-corrected chi connectivity index (χ3v) is 2.90. The zero-order valence-corrected chi connectivity index (χ0v) is 12.4. The highest BCUT2D eigenvalue weighted by molar-refractivity contribution is 5.90. The summed E-state index contributed by atoms with van der Waals surface area (Å²) in [5.74, 6) is -0.799. The summed E-state index contributed by atoms with van der Waals surface area (Å²) in [6, 6.07) is 8.40. The lowest BCUT2D eigenvalue weighted by atomic mass is 10.3. The average molecular weight is 303 g/mol. The molecule has 0 bridgehead atoms. The summed E-state index contributed by atoms with van der Waals surface area (Å²) in [5, 5.41) is 15.5. The van der Waals surface area contributed by atoms with Crippen LogP contribution in [-0.4, -0.2) is 33.4 Å². The molecule has 116 valence electrons. The summed E-state index contributed by atoms with van der Waals surface area (Å²) in [4.78, 5) is 22.4. The fraction of sp³-hybridized carbons (Fsp3) is 0.267. The van der Waals surface area contributed by atoms with E-state index >= 15 is 0 Å². The van der Waals surface area contributed by atoms with Crippen LogP contribution in [-0.2, 0) is 16.1 Å². The van der Waals surface area contributed by atoms with E-state index in [0.29, 0.717) is 11.4 Å². The molecule has 0 radical (unpaired) electrons. The van der Waals surface area contributed by atoms with Crippen LogP contribution in [0, 0.1) is 13.8 Å². The van der Waals surface area contributed by atoms with Crippen LogP contribution in [0.3, 0.4) is 0 Å². The molecule has 1 aromatic carbocycles. The van der Waals surface area contributed by atoms with Crippen molar-refractivity contribution >= 4 is 17.6 Å². The number of nitrogens with one attached hydrogen (secondary N) is 1. The normalized spacial score (nSPS) is 10.3. The van der Waals surface area contributed by atoms with Crippen molar-refractivity contribution in [1.82, 2.24) is 9.78 Å². The summed E-state index contributed by atoms with van der Waals surface area (Å²) in [6.45, 7) is 3.50. The molecule has 0 unspecified atom stereocenters. The van der Waals surface area contributed by atoms with E-state index in [2.05, 4.69) is 10.4 Å². The number of carbonyl (C=O) groups excluding carboxylic acids is 1. The van der Waals surface area contributed by atoms with Crippen molar-refractivity contribution < 1.29 is 19.4 Å². The number of hydrogen-bond donors (Lipinski definition) is 2. The minimum absolute atomic E-state index is 0.136. The van der Waals surface area contributed by atoms with E-state index in [1.807, 2.05) is 19.9 Å². The quantitative estimate of drug-likeness (QED) is 0.845. The second kappa shape index (κ2) is 6.75. The van der Waals surface area contributed by atoms with E-state index in [1.165, 1.54) is 0 Å². The standard InChI is InChI=1S/C15H17N3O4/c1-10-7-11(2)18(17-10)8-14(19)16-12-3-5-13(6-4-12)22-9-15(20)21/h3-7H,8-9H2,1-2H3,(H,16,19)(H,20,21). The van der Waals surface area contributed by atoms with E-state index < -0.39 is 12.6 Å². The Bertz CT molecular complexity index is 677. The van der Waals surface area contributed by atoms with Gasteiger partial charge >= 0.3 is 5.97 Å². The SMILES string of the molecule is Cc1cc(C)n(CC(=O)Nc2ccc(OCC(=O)O)cc2)n1. The van der Waals surface area contributed by atoms with Gasteiger partial charge in [0, 0.05) is 11.4 Å². The predicted octanol–water partition coefficient (Wildman–Crippen LogP) is 1.60. The molecule has 0 atom stereocenters. The zero-order chi connectivity index (χ0) is 16.1. The van der Waals surface area contributed by atoms with Crippen LogP contribution in [0.25, 0.3) is 0 Å². The van der Waals surface area contributed by atoms with E-state index in [1.54, 1.807) is 28.9 Å². The van der Waals surface area contributed by atoms with Gasteiger partial charge in [0.05, 0.1) is 5.69 Å².